The van der Waals surface area contributed by atoms with Crippen LogP contribution in [0.5, 0.6) is 0 Å². The smallest absolute Gasteiger partial charge is 0.262 e. The summed E-state index contributed by atoms with van der Waals surface area (Å²) in [5, 5.41) is 6.08. The van der Waals surface area contributed by atoms with Crippen molar-refractivity contribution in [3.63, 3.8) is 0 Å². The first-order valence-electron chi connectivity index (χ1n) is 10.7. The molecule has 170 valence electrons. The third-order valence-electron chi connectivity index (χ3n) is 6.05. The number of rotatable bonds is 5. The SMILES string of the molecule is C/N=C1/COCCN1c1ccc(NC(=O)C2(NC(=O)c3ccc(Br)s3)CCCC2)cc1C. The number of morpholine rings is 1. The van der Waals surface area contributed by atoms with Gasteiger partial charge in [-0.15, -0.1) is 11.3 Å². The number of amides is 2. The molecule has 2 aromatic rings. The maximum atomic E-state index is 13.3. The molecule has 1 aliphatic carbocycles. The number of thiophene rings is 1. The molecule has 1 aliphatic heterocycles. The van der Waals surface area contributed by atoms with Gasteiger partial charge in [-0.3, -0.25) is 14.6 Å². The summed E-state index contributed by atoms with van der Waals surface area (Å²) in [7, 11) is 1.77. The van der Waals surface area contributed by atoms with Crippen LogP contribution >= 0.6 is 27.3 Å². The highest BCUT2D eigenvalue weighted by Gasteiger charge is 2.42. The lowest BCUT2D eigenvalue weighted by atomic mass is 9.95. The summed E-state index contributed by atoms with van der Waals surface area (Å²) in [5.74, 6) is 0.528. The largest absolute Gasteiger partial charge is 0.372 e. The van der Waals surface area contributed by atoms with Gasteiger partial charge in [-0.1, -0.05) is 12.8 Å². The van der Waals surface area contributed by atoms with Crippen LogP contribution in [0.4, 0.5) is 11.4 Å². The molecule has 0 atom stereocenters. The highest BCUT2D eigenvalue weighted by Crippen LogP contribution is 2.33. The van der Waals surface area contributed by atoms with Crippen LogP contribution in [0.15, 0.2) is 39.1 Å². The Labute approximate surface area is 200 Å². The van der Waals surface area contributed by atoms with Gasteiger partial charge in [0.05, 0.1) is 15.3 Å². The molecular weight excluding hydrogens is 492 g/mol. The zero-order valence-electron chi connectivity index (χ0n) is 18.2. The van der Waals surface area contributed by atoms with Crippen molar-refractivity contribution in [1.29, 1.82) is 0 Å². The van der Waals surface area contributed by atoms with Crippen LogP contribution in [-0.4, -0.2) is 50.0 Å². The Hall–Kier alpha value is -2.23. The number of carbonyl (C=O) groups is 2. The van der Waals surface area contributed by atoms with E-state index < -0.39 is 5.54 Å². The fourth-order valence-corrected chi connectivity index (χ4v) is 5.64. The number of aliphatic imine (C=N–C) groups is 1. The van der Waals surface area contributed by atoms with E-state index in [2.05, 4.69) is 36.5 Å². The first-order chi connectivity index (χ1) is 15.4. The van der Waals surface area contributed by atoms with Crippen molar-refractivity contribution in [2.45, 2.75) is 38.1 Å². The van der Waals surface area contributed by atoms with Crippen LogP contribution in [0.1, 0.15) is 40.9 Å². The molecule has 2 N–H and O–H groups in total. The van der Waals surface area contributed by atoms with Crippen molar-refractivity contribution in [1.82, 2.24) is 5.32 Å². The molecule has 9 heteroatoms. The van der Waals surface area contributed by atoms with Gasteiger partial charge in [0.15, 0.2) is 0 Å². The molecule has 1 saturated heterocycles. The summed E-state index contributed by atoms with van der Waals surface area (Å²) >= 11 is 4.75. The third-order valence-corrected chi connectivity index (χ3v) is 7.67. The summed E-state index contributed by atoms with van der Waals surface area (Å²) in [6, 6.07) is 9.49. The summed E-state index contributed by atoms with van der Waals surface area (Å²) < 4.78 is 6.40. The number of anilines is 2. The van der Waals surface area contributed by atoms with E-state index in [4.69, 9.17) is 4.74 Å². The first-order valence-corrected chi connectivity index (χ1v) is 12.3. The monoisotopic (exact) mass is 518 g/mol. The minimum absolute atomic E-state index is 0.159. The lowest BCUT2D eigenvalue weighted by molar-refractivity contribution is -0.122. The van der Waals surface area contributed by atoms with E-state index in [9.17, 15) is 9.59 Å². The van der Waals surface area contributed by atoms with Crippen molar-refractivity contribution in [3.05, 3.63) is 44.6 Å². The Balaban J connectivity index is 1.50. The molecule has 1 aromatic heterocycles. The van der Waals surface area contributed by atoms with E-state index in [0.29, 0.717) is 30.9 Å². The fourth-order valence-electron chi connectivity index (χ4n) is 4.36. The molecule has 32 heavy (non-hydrogen) atoms. The van der Waals surface area contributed by atoms with Crippen molar-refractivity contribution < 1.29 is 14.3 Å². The number of aryl methyl sites for hydroxylation is 1. The highest BCUT2D eigenvalue weighted by molar-refractivity contribution is 9.11. The summed E-state index contributed by atoms with van der Waals surface area (Å²) in [6.07, 6.45) is 3.10. The van der Waals surface area contributed by atoms with Crippen LogP contribution in [0.2, 0.25) is 0 Å². The summed E-state index contributed by atoms with van der Waals surface area (Å²) in [6.45, 7) is 3.92. The molecule has 2 amide bonds. The van der Waals surface area contributed by atoms with Gasteiger partial charge in [0.1, 0.15) is 18.0 Å². The van der Waals surface area contributed by atoms with Crippen LogP contribution in [-0.2, 0) is 9.53 Å². The third kappa shape index (κ3) is 4.74. The normalized spacial score (nSPS) is 19.2. The zero-order chi connectivity index (χ0) is 22.7. The van der Waals surface area contributed by atoms with E-state index in [-0.39, 0.29) is 11.8 Å². The van der Waals surface area contributed by atoms with E-state index in [1.165, 1.54) is 11.3 Å². The molecule has 2 fully saturated rings. The predicted molar refractivity (Wildman–Crippen MR) is 132 cm³/mol. The van der Waals surface area contributed by atoms with Crippen molar-refractivity contribution in [2.75, 3.05) is 37.0 Å². The topological polar surface area (TPSA) is 83.0 Å². The number of hydrogen-bond donors (Lipinski definition) is 2. The Morgan fingerprint density at radius 3 is 2.66 bits per heavy atom. The quantitative estimate of drug-likeness (QED) is 0.615. The molecule has 2 heterocycles. The molecule has 1 aromatic carbocycles. The van der Waals surface area contributed by atoms with Crippen molar-refractivity contribution in [3.8, 4) is 0 Å². The van der Waals surface area contributed by atoms with Gasteiger partial charge >= 0.3 is 0 Å². The standard InChI is InChI=1S/C23H27BrN4O3S/c1-15-13-16(5-6-17(15)28-11-12-31-14-20(28)25-2)26-22(30)23(9-3-4-10-23)27-21(29)18-7-8-19(24)32-18/h5-8,13H,3-4,9-12,14H2,1-2H3,(H,26,30)(H,27,29)/b25-20-. The van der Waals surface area contributed by atoms with E-state index in [0.717, 1.165) is 45.9 Å². The molecular formula is C23H27BrN4O3S. The minimum atomic E-state index is -0.883. The van der Waals surface area contributed by atoms with Gasteiger partial charge in [-0.05, 0) is 71.6 Å². The van der Waals surface area contributed by atoms with Gasteiger partial charge in [0, 0.05) is 25.0 Å². The van der Waals surface area contributed by atoms with Gasteiger partial charge in [-0.2, -0.15) is 0 Å². The van der Waals surface area contributed by atoms with E-state index >= 15 is 0 Å². The maximum absolute atomic E-state index is 13.3. The molecule has 0 radical (unpaired) electrons. The lowest BCUT2D eigenvalue weighted by Gasteiger charge is -2.32. The summed E-state index contributed by atoms with van der Waals surface area (Å²) in [4.78, 5) is 33.2. The minimum Gasteiger partial charge on any atom is -0.372 e. The number of amidine groups is 1. The predicted octanol–water partition coefficient (Wildman–Crippen LogP) is 4.37. The van der Waals surface area contributed by atoms with E-state index in [1.54, 1.807) is 13.1 Å². The molecule has 4 rings (SSSR count). The number of nitrogens with zero attached hydrogens (tertiary/aromatic N) is 2. The average molecular weight is 519 g/mol. The molecule has 7 nitrogen and oxygen atoms in total. The Kier molecular flexibility index (Phi) is 6.97. The second kappa shape index (κ2) is 9.72. The van der Waals surface area contributed by atoms with Gasteiger partial charge in [-0.25, -0.2) is 0 Å². The van der Waals surface area contributed by atoms with Gasteiger partial charge in [0.25, 0.3) is 5.91 Å². The number of hydrogen-bond acceptors (Lipinski definition) is 5. The molecule has 2 aliphatic rings. The number of halogens is 1. The molecule has 0 bridgehead atoms. The Morgan fingerprint density at radius 1 is 1.22 bits per heavy atom. The van der Waals surface area contributed by atoms with Crippen molar-refractivity contribution >= 4 is 56.3 Å². The van der Waals surface area contributed by atoms with Crippen molar-refractivity contribution in [2.24, 2.45) is 4.99 Å². The van der Waals surface area contributed by atoms with Gasteiger partial charge < -0.3 is 20.3 Å². The number of benzene rings is 1. The number of nitrogens with one attached hydrogen (secondary N) is 2. The lowest BCUT2D eigenvalue weighted by Crippen LogP contribution is -2.54. The second-order valence-corrected chi connectivity index (χ2v) is 10.6. The van der Waals surface area contributed by atoms with Crippen LogP contribution < -0.4 is 15.5 Å². The Morgan fingerprint density at radius 2 is 2.00 bits per heavy atom. The molecule has 1 saturated carbocycles. The first kappa shape index (κ1) is 22.9. The van der Waals surface area contributed by atoms with Gasteiger partial charge in [0.2, 0.25) is 5.91 Å². The number of carbonyl (C=O) groups excluding carboxylic acids is 2. The fraction of sp³-hybridized carbons (Fsp3) is 0.435. The summed E-state index contributed by atoms with van der Waals surface area (Å²) in [5.41, 5.74) is 1.93. The zero-order valence-corrected chi connectivity index (χ0v) is 20.6. The van der Waals surface area contributed by atoms with Crippen LogP contribution in [0, 0.1) is 6.92 Å². The van der Waals surface area contributed by atoms with E-state index in [1.807, 2.05) is 31.2 Å². The number of ether oxygens (including phenoxy) is 1. The average Bonchev–Trinajstić information content (AvgIpc) is 3.44. The maximum Gasteiger partial charge on any atom is 0.262 e. The Bertz CT molecular complexity index is 1050. The van der Waals surface area contributed by atoms with Crippen LogP contribution in [0.25, 0.3) is 0 Å². The highest BCUT2D eigenvalue weighted by atomic mass is 79.9. The molecule has 0 unspecified atom stereocenters. The van der Waals surface area contributed by atoms with Crippen LogP contribution in [0.3, 0.4) is 0 Å². The second-order valence-electron chi connectivity index (χ2n) is 8.15. The molecule has 0 spiro atoms.